The summed E-state index contributed by atoms with van der Waals surface area (Å²) in [6.07, 6.45) is 2.83. The minimum Gasteiger partial charge on any atom is -0.377 e. The third-order valence-electron chi connectivity index (χ3n) is 1.81. The van der Waals surface area contributed by atoms with Gasteiger partial charge in [-0.2, -0.15) is 0 Å². The maximum Gasteiger partial charge on any atom is 0.366 e. The van der Waals surface area contributed by atoms with Crippen molar-refractivity contribution in [3.05, 3.63) is 16.3 Å². The molecule has 0 atom stereocenters. The highest BCUT2D eigenvalue weighted by Gasteiger charge is 2.13. The van der Waals surface area contributed by atoms with Crippen LogP contribution in [-0.4, -0.2) is 42.1 Å². The molecular weight excluding hydrogens is 236 g/mol. The number of nitro groups is 1. The Balaban J connectivity index is 2.43. The minimum atomic E-state index is -2.99. The second kappa shape index (κ2) is 4.92. The van der Waals surface area contributed by atoms with Gasteiger partial charge in [0.2, 0.25) is 0 Å². The van der Waals surface area contributed by atoms with E-state index in [1.165, 1.54) is 6.20 Å². The molecule has 9 heteroatoms. The molecule has 1 rings (SSSR count). The van der Waals surface area contributed by atoms with Gasteiger partial charge < -0.3 is 15.4 Å². The van der Waals surface area contributed by atoms with Crippen molar-refractivity contribution in [2.24, 2.45) is 0 Å². The molecule has 0 unspecified atom stereocenters. The second-order valence-electron chi connectivity index (χ2n) is 3.30. The lowest BCUT2D eigenvalue weighted by molar-refractivity contribution is -0.388. The second-order valence-corrected chi connectivity index (χ2v) is 5.56. The largest absolute Gasteiger partial charge is 0.377 e. The Morgan fingerprint density at radius 1 is 1.62 bits per heavy atom. The molecule has 0 aliphatic rings. The molecule has 0 radical (unpaired) electrons. The Morgan fingerprint density at radius 3 is 2.88 bits per heavy atom. The van der Waals surface area contributed by atoms with Crippen molar-refractivity contribution in [3.63, 3.8) is 0 Å². The highest BCUT2D eigenvalue weighted by Crippen LogP contribution is 2.19. The fourth-order valence-corrected chi connectivity index (χ4v) is 1.77. The number of nitrogens with zero attached hydrogens (tertiary/aromatic N) is 2. The van der Waals surface area contributed by atoms with Crippen molar-refractivity contribution in [1.29, 1.82) is 0 Å². The third kappa shape index (κ3) is 3.85. The lowest BCUT2D eigenvalue weighted by Gasteiger charge is -2.02. The van der Waals surface area contributed by atoms with Gasteiger partial charge in [-0.15, -0.1) is 5.10 Å². The number of hydrogen-bond donors (Lipinski definition) is 2. The van der Waals surface area contributed by atoms with Gasteiger partial charge in [0, 0.05) is 12.8 Å². The number of aromatic nitrogens is 2. The van der Waals surface area contributed by atoms with Crippen molar-refractivity contribution >= 4 is 21.3 Å². The number of nitrogens with one attached hydrogen (secondary N) is 2. The summed E-state index contributed by atoms with van der Waals surface area (Å²) < 4.78 is 21.6. The summed E-state index contributed by atoms with van der Waals surface area (Å²) >= 11 is 0. The van der Waals surface area contributed by atoms with Crippen LogP contribution in [0.1, 0.15) is 6.42 Å². The van der Waals surface area contributed by atoms with Crippen molar-refractivity contribution in [2.45, 2.75) is 6.42 Å². The summed E-state index contributed by atoms with van der Waals surface area (Å²) in [5, 5.41) is 19.0. The zero-order valence-electron chi connectivity index (χ0n) is 8.63. The van der Waals surface area contributed by atoms with Crippen LogP contribution in [0.15, 0.2) is 6.20 Å². The van der Waals surface area contributed by atoms with E-state index >= 15 is 0 Å². The monoisotopic (exact) mass is 248 g/mol. The van der Waals surface area contributed by atoms with E-state index in [0.717, 1.165) is 6.26 Å². The first-order valence-electron chi connectivity index (χ1n) is 4.49. The summed E-state index contributed by atoms with van der Waals surface area (Å²) in [4.78, 5) is 9.88. The quantitative estimate of drug-likeness (QED) is 0.420. The van der Waals surface area contributed by atoms with Crippen molar-refractivity contribution < 1.29 is 13.3 Å². The molecule has 0 saturated heterocycles. The fourth-order valence-electron chi connectivity index (χ4n) is 1.11. The average Bonchev–Trinajstić information content (AvgIpc) is 2.58. The minimum absolute atomic E-state index is 0.0473. The highest BCUT2D eigenvalue weighted by molar-refractivity contribution is 7.90. The SMILES string of the molecule is CS(=O)(=O)CCCNc1cn[nH]c1[N+](=O)[O-]. The number of sulfone groups is 1. The normalized spacial score (nSPS) is 11.3. The van der Waals surface area contributed by atoms with E-state index in [0.29, 0.717) is 13.0 Å². The molecule has 2 N–H and O–H groups in total. The number of H-pyrrole nitrogens is 1. The first kappa shape index (κ1) is 12.4. The molecule has 0 spiro atoms. The van der Waals surface area contributed by atoms with Crippen LogP contribution in [0.2, 0.25) is 0 Å². The van der Waals surface area contributed by atoms with E-state index in [1.807, 2.05) is 0 Å². The van der Waals surface area contributed by atoms with Gasteiger partial charge in [0.1, 0.15) is 16.0 Å². The summed E-state index contributed by atoms with van der Waals surface area (Å²) in [7, 11) is -2.99. The molecule has 1 aromatic heterocycles. The van der Waals surface area contributed by atoms with Crippen LogP contribution in [0.4, 0.5) is 11.5 Å². The van der Waals surface area contributed by atoms with Gasteiger partial charge in [0.15, 0.2) is 5.69 Å². The zero-order valence-corrected chi connectivity index (χ0v) is 9.45. The van der Waals surface area contributed by atoms with E-state index in [9.17, 15) is 18.5 Å². The van der Waals surface area contributed by atoms with Gasteiger partial charge in [-0.1, -0.05) is 5.10 Å². The predicted molar refractivity (Wildman–Crippen MR) is 58.1 cm³/mol. The Bertz CT molecular complexity index is 466. The van der Waals surface area contributed by atoms with Gasteiger partial charge in [-0.05, 0) is 11.3 Å². The first-order chi connectivity index (χ1) is 7.40. The molecule has 0 saturated carbocycles. The first-order valence-corrected chi connectivity index (χ1v) is 6.55. The average molecular weight is 248 g/mol. The molecule has 8 nitrogen and oxygen atoms in total. The molecule has 0 aliphatic heterocycles. The van der Waals surface area contributed by atoms with Gasteiger partial charge in [0.05, 0.1) is 5.75 Å². The number of hydrogen-bond acceptors (Lipinski definition) is 6. The van der Waals surface area contributed by atoms with Crippen molar-refractivity contribution in [1.82, 2.24) is 10.2 Å². The van der Waals surface area contributed by atoms with E-state index in [4.69, 9.17) is 0 Å². The molecule has 0 aromatic carbocycles. The Hall–Kier alpha value is -1.64. The fraction of sp³-hybridized carbons (Fsp3) is 0.571. The van der Waals surface area contributed by atoms with Crippen LogP contribution in [0.25, 0.3) is 0 Å². The Labute approximate surface area is 92.1 Å². The number of anilines is 1. The molecule has 16 heavy (non-hydrogen) atoms. The van der Waals surface area contributed by atoms with Crippen LogP contribution in [0.5, 0.6) is 0 Å². The maximum absolute atomic E-state index is 10.8. The standard InChI is InChI=1S/C7H12N4O4S/c1-16(14,15)4-2-3-8-6-5-9-10-7(6)11(12)13/h5,8H,2-4H2,1H3,(H,9,10). The van der Waals surface area contributed by atoms with E-state index in [2.05, 4.69) is 15.5 Å². The number of rotatable bonds is 6. The van der Waals surface area contributed by atoms with Gasteiger partial charge >= 0.3 is 5.82 Å². The van der Waals surface area contributed by atoms with E-state index in [-0.39, 0.29) is 17.3 Å². The molecule has 1 heterocycles. The lowest BCUT2D eigenvalue weighted by atomic mass is 10.4. The molecule has 90 valence electrons. The summed E-state index contributed by atoms with van der Waals surface area (Å²) in [5.41, 5.74) is 0.263. The van der Waals surface area contributed by atoms with Crippen LogP contribution in [-0.2, 0) is 9.84 Å². The zero-order chi connectivity index (χ0) is 12.2. The Morgan fingerprint density at radius 2 is 2.31 bits per heavy atom. The van der Waals surface area contributed by atoms with E-state index < -0.39 is 14.8 Å². The van der Waals surface area contributed by atoms with Gasteiger partial charge in [-0.25, -0.2) is 8.42 Å². The lowest BCUT2D eigenvalue weighted by Crippen LogP contribution is -2.10. The van der Waals surface area contributed by atoms with Crippen LogP contribution < -0.4 is 5.32 Å². The summed E-state index contributed by atoms with van der Waals surface area (Å²) in [5.74, 6) is -0.176. The molecule has 0 fully saturated rings. The molecule has 0 aliphatic carbocycles. The third-order valence-corrected chi connectivity index (χ3v) is 2.84. The van der Waals surface area contributed by atoms with Crippen molar-refractivity contribution in [3.8, 4) is 0 Å². The smallest absolute Gasteiger partial charge is 0.366 e. The summed E-state index contributed by atoms with van der Waals surface area (Å²) in [6, 6.07) is 0. The van der Waals surface area contributed by atoms with Crippen LogP contribution in [0.3, 0.4) is 0 Å². The number of aromatic amines is 1. The van der Waals surface area contributed by atoms with E-state index in [1.54, 1.807) is 0 Å². The predicted octanol–water partition coefficient (Wildman–Crippen LogP) is 0.164. The van der Waals surface area contributed by atoms with Gasteiger partial charge in [0.25, 0.3) is 0 Å². The van der Waals surface area contributed by atoms with Crippen LogP contribution >= 0.6 is 0 Å². The van der Waals surface area contributed by atoms with Crippen LogP contribution in [0, 0.1) is 10.1 Å². The van der Waals surface area contributed by atoms with Crippen molar-refractivity contribution in [2.75, 3.05) is 23.9 Å². The molecular formula is C7H12N4O4S. The highest BCUT2D eigenvalue weighted by atomic mass is 32.2. The topological polar surface area (TPSA) is 118 Å². The molecule has 0 bridgehead atoms. The Kier molecular flexibility index (Phi) is 3.82. The molecule has 0 amide bonds. The maximum atomic E-state index is 10.8. The molecule has 1 aromatic rings. The van der Waals surface area contributed by atoms with Gasteiger partial charge in [-0.3, -0.25) is 0 Å². The summed E-state index contributed by atoms with van der Waals surface area (Å²) in [6.45, 7) is 0.341.